The SMILES string of the molecule is C=C/C=C\C=C/CCCC.C=Nc1nc(N2CCCC2)n(CCC)c(=O)c1NC.CC.CC.CC.Cc1cnn(C)c1. The maximum atomic E-state index is 12.5. The van der Waals surface area contributed by atoms with Gasteiger partial charge in [-0.1, -0.05) is 105 Å². The van der Waals surface area contributed by atoms with E-state index in [4.69, 9.17) is 0 Å². The zero-order valence-electron chi connectivity index (χ0n) is 28.9. The number of hydrogen-bond acceptors (Lipinski definition) is 6. The predicted octanol–water partition coefficient (Wildman–Crippen LogP) is 8.91. The fourth-order valence-electron chi connectivity index (χ4n) is 3.63. The summed E-state index contributed by atoms with van der Waals surface area (Å²) >= 11 is 0. The second-order valence-electron chi connectivity index (χ2n) is 8.55. The van der Waals surface area contributed by atoms with Crippen LogP contribution in [-0.2, 0) is 13.6 Å². The molecule has 1 saturated heterocycles. The molecule has 8 heteroatoms. The number of anilines is 2. The number of allylic oxidation sites excluding steroid dienone is 5. The van der Waals surface area contributed by atoms with Crippen LogP contribution in [-0.4, -0.2) is 46.2 Å². The van der Waals surface area contributed by atoms with Crippen molar-refractivity contribution in [3.63, 3.8) is 0 Å². The van der Waals surface area contributed by atoms with Crippen LogP contribution >= 0.6 is 0 Å². The first kappa shape index (κ1) is 43.0. The summed E-state index contributed by atoms with van der Waals surface area (Å²) in [6.07, 6.45) is 20.7. The molecule has 0 saturated carbocycles. The maximum Gasteiger partial charge on any atom is 0.280 e. The molecule has 1 aliphatic rings. The van der Waals surface area contributed by atoms with Crippen molar-refractivity contribution in [1.82, 2.24) is 19.3 Å². The van der Waals surface area contributed by atoms with Crippen molar-refractivity contribution in [2.24, 2.45) is 12.0 Å². The number of nitrogens with one attached hydrogen (secondary N) is 1. The molecule has 1 aliphatic heterocycles. The van der Waals surface area contributed by atoms with Gasteiger partial charge in [-0.3, -0.25) is 14.0 Å². The van der Waals surface area contributed by atoms with E-state index in [1.807, 2.05) is 80.1 Å². The first-order valence-corrected chi connectivity index (χ1v) is 15.9. The number of nitrogens with zero attached hydrogens (tertiary/aromatic N) is 6. The molecule has 42 heavy (non-hydrogen) atoms. The Morgan fingerprint density at radius 2 is 1.64 bits per heavy atom. The number of unbranched alkanes of at least 4 members (excludes halogenated alkanes) is 2. The molecule has 2 aromatic heterocycles. The molecule has 1 fully saturated rings. The van der Waals surface area contributed by atoms with Crippen molar-refractivity contribution in [3.8, 4) is 0 Å². The van der Waals surface area contributed by atoms with E-state index in [-0.39, 0.29) is 5.56 Å². The zero-order valence-corrected chi connectivity index (χ0v) is 28.9. The van der Waals surface area contributed by atoms with E-state index in [1.54, 1.807) is 22.4 Å². The van der Waals surface area contributed by atoms with Crippen molar-refractivity contribution < 1.29 is 0 Å². The van der Waals surface area contributed by atoms with Crippen molar-refractivity contribution in [1.29, 1.82) is 0 Å². The van der Waals surface area contributed by atoms with Crippen molar-refractivity contribution in [2.45, 2.75) is 107 Å². The normalized spacial score (nSPS) is 11.4. The van der Waals surface area contributed by atoms with Gasteiger partial charge in [0.25, 0.3) is 5.56 Å². The van der Waals surface area contributed by atoms with Crippen molar-refractivity contribution in [3.05, 3.63) is 65.3 Å². The van der Waals surface area contributed by atoms with Crippen LogP contribution in [0.4, 0.5) is 17.5 Å². The summed E-state index contributed by atoms with van der Waals surface area (Å²) in [5.74, 6) is 1.12. The Bertz CT molecular complexity index is 1010. The average molecular weight is 586 g/mol. The van der Waals surface area contributed by atoms with Crippen LogP contribution in [0.2, 0.25) is 0 Å². The molecule has 3 rings (SSSR count). The van der Waals surface area contributed by atoms with E-state index >= 15 is 0 Å². The minimum absolute atomic E-state index is 0.0661. The van der Waals surface area contributed by atoms with Crippen LogP contribution in [0.3, 0.4) is 0 Å². The summed E-state index contributed by atoms with van der Waals surface area (Å²) in [6, 6.07) is 0. The molecule has 240 valence electrons. The predicted molar refractivity (Wildman–Crippen MR) is 189 cm³/mol. The highest BCUT2D eigenvalue weighted by atomic mass is 16.1. The number of hydrogen-bond donors (Lipinski definition) is 1. The summed E-state index contributed by atoms with van der Waals surface area (Å²) in [5, 5.41) is 6.82. The Balaban J connectivity index is -0.000000556. The van der Waals surface area contributed by atoms with Crippen LogP contribution < -0.4 is 15.8 Å². The van der Waals surface area contributed by atoms with E-state index in [0.717, 1.165) is 38.3 Å². The van der Waals surface area contributed by atoms with E-state index in [2.05, 4.69) is 64.6 Å². The van der Waals surface area contributed by atoms with E-state index in [9.17, 15) is 4.79 Å². The smallest absolute Gasteiger partial charge is 0.280 e. The zero-order chi connectivity index (χ0) is 32.8. The second kappa shape index (κ2) is 30.5. The molecule has 0 amide bonds. The first-order valence-electron chi connectivity index (χ1n) is 15.9. The van der Waals surface area contributed by atoms with Crippen molar-refractivity contribution in [2.75, 3.05) is 30.4 Å². The number of aryl methyl sites for hydroxylation is 2. The van der Waals surface area contributed by atoms with Gasteiger partial charge in [-0.15, -0.1) is 0 Å². The van der Waals surface area contributed by atoms with Gasteiger partial charge in [-0.25, -0.2) is 4.99 Å². The summed E-state index contributed by atoms with van der Waals surface area (Å²) in [7, 11) is 3.62. The Hall–Kier alpha value is -3.42. The van der Waals surface area contributed by atoms with Crippen molar-refractivity contribution >= 4 is 24.2 Å². The Labute approximate surface area is 258 Å². The molecule has 0 atom stereocenters. The Kier molecular flexibility index (Phi) is 31.3. The molecule has 8 nitrogen and oxygen atoms in total. The standard InChI is InChI=1S/C13H21N5O.C10H16.C5H8N2.3C2H6/c1-4-7-18-12(19)10(14-2)11(15-3)16-13(18)17-8-5-6-9-17;1-3-5-7-9-10-8-6-4-2;1-5-3-6-7(2)4-5;3*1-2/h14H,3-9H2,1-2H3;3,5,7,9-10H,1,4,6,8H2,2H3;3-4H,1-2H3;3*1-2H3/b;7-5-,10-9-;;;;. The Morgan fingerprint density at radius 3 is 2.05 bits per heavy atom. The van der Waals surface area contributed by atoms with E-state index in [0.29, 0.717) is 18.1 Å². The fraction of sp³-hybridized carbons (Fsp3) is 0.588. The largest absolute Gasteiger partial charge is 0.381 e. The fourth-order valence-corrected chi connectivity index (χ4v) is 3.63. The minimum Gasteiger partial charge on any atom is -0.381 e. The van der Waals surface area contributed by atoms with Gasteiger partial charge < -0.3 is 10.2 Å². The van der Waals surface area contributed by atoms with Crippen LogP contribution in [0.5, 0.6) is 0 Å². The lowest BCUT2D eigenvalue weighted by molar-refractivity contribution is 0.630. The highest BCUT2D eigenvalue weighted by Crippen LogP contribution is 2.24. The van der Waals surface area contributed by atoms with Gasteiger partial charge in [-0.05, 0) is 44.9 Å². The van der Waals surface area contributed by atoms with E-state index in [1.165, 1.54) is 24.8 Å². The molecule has 2 aromatic rings. The summed E-state index contributed by atoms with van der Waals surface area (Å²) in [6.45, 7) is 27.9. The van der Waals surface area contributed by atoms with Crippen LogP contribution in [0.1, 0.15) is 99.5 Å². The molecule has 0 radical (unpaired) electrons. The van der Waals surface area contributed by atoms with Gasteiger partial charge >= 0.3 is 0 Å². The third-order valence-corrected chi connectivity index (χ3v) is 5.42. The molecule has 0 aromatic carbocycles. The van der Waals surface area contributed by atoms with E-state index < -0.39 is 0 Å². The average Bonchev–Trinajstić information content (AvgIpc) is 3.71. The lowest BCUT2D eigenvalue weighted by Crippen LogP contribution is -2.32. The second-order valence-corrected chi connectivity index (χ2v) is 8.55. The highest BCUT2D eigenvalue weighted by Gasteiger charge is 2.21. The third kappa shape index (κ3) is 18.1. The summed E-state index contributed by atoms with van der Waals surface area (Å²) < 4.78 is 3.53. The lowest BCUT2D eigenvalue weighted by atomic mass is 10.2. The molecule has 0 bridgehead atoms. The van der Waals surface area contributed by atoms with Gasteiger partial charge in [-0.2, -0.15) is 10.1 Å². The summed E-state index contributed by atoms with van der Waals surface area (Å²) in [5.41, 5.74) is 1.57. The molecule has 0 unspecified atom stereocenters. The third-order valence-electron chi connectivity index (χ3n) is 5.42. The van der Waals surface area contributed by atoms with Crippen LogP contribution in [0, 0.1) is 6.92 Å². The van der Waals surface area contributed by atoms with Gasteiger partial charge in [0, 0.05) is 39.9 Å². The van der Waals surface area contributed by atoms with Gasteiger partial charge in [0.2, 0.25) is 5.95 Å². The van der Waals surface area contributed by atoms with Gasteiger partial charge in [0.05, 0.1) is 6.20 Å². The van der Waals surface area contributed by atoms with Gasteiger partial charge in [0.15, 0.2) is 5.82 Å². The molecule has 1 N–H and O–H groups in total. The molecular formula is C34H63N7O. The first-order chi connectivity index (χ1) is 20.4. The topological polar surface area (TPSA) is 80.3 Å². The van der Waals surface area contributed by atoms with Gasteiger partial charge in [0.1, 0.15) is 5.69 Å². The molecule has 0 aliphatic carbocycles. The highest BCUT2D eigenvalue weighted by molar-refractivity contribution is 5.64. The molecular weight excluding hydrogens is 522 g/mol. The quantitative estimate of drug-likeness (QED) is 0.171. The van der Waals surface area contributed by atoms with Crippen LogP contribution in [0.25, 0.3) is 0 Å². The number of rotatable bonds is 10. The minimum atomic E-state index is -0.0661. The summed E-state index contributed by atoms with van der Waals surface area (Å²) in [4.78, 5) is 23.0. The Morgan fingerprint density at radius 1 is 1.02 bits per heavy atom. The molecule has 3 heterocycles. The maximum absolute atomic E-state index is 12.5. The van der Waals surface area contributed by atoms with Crippen LogP contribution in [0.15, 0.2) is 59.1 Å². The monoisotopic (exact) mass is 586 g/mol. The molecule has 0 spiro atoms. The number of aromatic nitrogens is 4. The lowest BCUT2D eigenvalue weighted by Gasteiger charge is -2.22. The number of aliphatic imine (C=N–C) groups is 1.